The normalized spacial score (nSPS) is 13.3. The second-order valence-corrected chi connectivity index (χ2v) is 8.18. The first-order valence-electron chi connectivity index (χ1n) is 6.09. The molecule has 2 aromatic rings. The van der Waals surface area contributed by atoms with Crippen LogP contribution in [-0.2, 0) is 16.4 Å². The van der Waals surface area contributed by atoms with Gasteiger partial charge in [0.25, 0.3) is 0 Å². The number of benzene rings is 1. The number of hydrogen-bond donors (Lipinski definition) is 2. The zero-order valence-corrected chi connectivity index (χ0v) is 14.4. The molecule has 8 heteroatoms. The molecule has 1 heterocycles. The number of halogens is 2. The average Bonchev–Trinajstić information content (AvgIpc) is 2.85. The van der Waals surface area contributed by atoms with Gasteiger partial charge in [0.05, 0.1) is 0 Å². The average molecular weight is 393 g/mol. The van der Waals surface area contributed by atoms with Gasteiger partial charge < -0.3 is 5.73 Å². The van der Waals surface area contributed by atoms with E-state index in [9.17, 15) is 12.8 Å². The van der Waals surface area contributed by atoms with Gasteiger partial charge >= 0.3 is 0 Å². The predicted octanol–water partition coefficient (Wildman–Crippen LogP) is 3.14. The van der Waals surface area contributed by atoms with Gasteiger partial charge in [-0.1, -0.05) is 6.07 Å². The van der Waals surface area contributed by atoms with Crippen LogP contribution in [0.25, 0.3) is 0 Å². The van der Waals surface area contributed by atoms with E-state index in [1.807, 2.05) is 17.5 Å². The minimum Gasteiger partial charge on any atom is -0.398 e. The van der Waals surface area contributed by atoms with E-state index in [-0.39, 0.29) is 11.7 Å². The third-order valence-electron chi connectivity index (χ3n) is 2.78. The number of sulfonamides is 1. The summed E-state index contributed by atoms with van der Waals surface area (Å²) in [5.74, 6) is -0.841. The minimum atomic E-state index is -3.95. The van der Waals surface area contributed by atoms with Gasteiger partial charge in [-0.15, -0.1) is 11.3 Å². The van der Waals surface area contributed by atoms with E-state index in [1.54, 1.807) is 18.3 Å². The molecule has 0 saturated heterocycles. The highest BCUT2D eigenvalue weighted by Crippen LogP contribution is 2.26. The number of nitrogens with one attached hydrogen (secondary N) is 1. The quantitative estimate of drug-likeness (QED) is 0.767. The zero-order chi connectivity index (χ0) is 15.6. The molecule has 21 heavy (non-hydrogen) atoms. The molecule has 0 saturated carbocycles. The van der Waals surface area contributed by atoms with Crippen LogP contribution >= 0.6 is 27.3 Å². The number of nitrogens with two attached hydrogens (primary N) is 1. The van der Waals surface area contributed by atoms with Gasteiger partial charge in [0.15, 0.2) is 0 Å². The van der Waals surface area contributed by atoms with Crippen LogP contribution < -0.4 is 10.5 Å². The lowest BCUT2D eigenvalue weighted by Crippen LogP contribution is -2.34. The highest BCUT2D eigenvalue weighted by molar-refractivity contribution is 9.10. The molecule has 2 rings (SSSR count). The van der Waals surface area contributed by atoms with Gasteiger partial charge in [-0.25, -0.2) is 17.5 Å². The van der Waals surface area contributed by atoms with Crippen molar-refractivity contribution in [2.75, 3.05) is 5.73 Å². The minimum absolute atomic E-state index is 0.169. The summed E-state index contributed by atoms with van der Waals surface area (Å²) in [6, 6.07) is 5.63. The van der Waals surface area contributed by atoms with Crippen LogP contribution in [0, 0.1) is 5.82 Å². The molecule has 3 N–H and O–H groups in total. The van der Waals surface area contributed by atoms with E-state index >= 15 is 0 Å². The fourth-order valence-electron chi connectivity index (χ4n) is 1.85. The van der Waals surface area contributed by atoms with Crippen molar-refractivity contribution in [1.29, 1.82) is 0 Å². The Bertz CT molecular complexity index is 733. The molecule has 1 aromatic carbocycles. The first-order chi connectivity index (χ1) is 9.79. The molecule has 0 fully saturated rings. The smallest absolute Gasteiger partial charge is 0.243 e. The van der Waals surface area contributed by atoms with E-state index in [1.165, 1.54) is 0 Å². The highest BCUT2D eigenvalue weighted by Gasteiger charge is 2.23. The molecule has 4 nitrogen and oxygen atoms in total. The molecular formula is C13H14BrFN2O2S2. The largest absolute Gasteiger partial charge is 0.398 e. The van der Waals surface area contributed by atoms with Gasteiger partial charge in [0, 0.05) is 21.1 Å². The second-order valence-electron chi connectivity index (χ2n) is 4.61. The van der Waals surface area contributed by atoms with E-state index in [4.69, 9.17) is 5.73 Å². The topological polar surface area (TPSA) is 72.2 Å². The summed E-state index contributed by atoms with van der Waals surface area (Å²) in [5, 5.41) is 1.92. The van der Waals surface area contributed by atoms with Crippen LogP contribution in [0.15, 0.2) is 39.0 Å². The fraction of sp³-hybridized carbons (Fsp3) is 0.231. The summed E-state index contributed by atoms with van der Waals surface area (Å²) in [6.07, 6.45) is 0.546. The van der Waals surface area contributed by atoms with Crippen LogP contribution in [0.2, 0.25) is 0 Å². The molecule has 0 spiro atoms. The Morgan fingerprint density at radius 1 is 1.48 bits per heavy atom. The summed E-state index contributed by atoms with van der Waals surface area (Å²) in [5.41, 5.74) is 5.79. The molecule has 0 amide bonds. The summed E-state index contributed by atoms with van der Waals surface area (Å²) in [4.78, 5) is 0.613. The Balaban J connectivity index is 2.20. The summed E-state index contributed by atoms with van der Waals surface area (Å²) >= 11 is 4.60. The lowest BCUT2D eigenvalue weighted by atomic mass is 10.2. The second kappa shape index (κ2) is 6.43. The van der Waals surface area contributed by atoms with Gasteiger partial charge in [0.2, 0.25) is 10.0 Å². The molecule has 0 bridgehead atoms. The van der Waals surface area contributed by atoms with Gasteiger partial charge in [-0.05, 0) is 52.9 Å². The monoisotopic (exact) mass is 392 g/mol. The molecule has 0 aliphatic carbocycles. The van der Waals surface area contributed by atoms with Crippen LogP contribution in [0.4, 0.5) is 10.1 Å². The van der Waals surface area contributed by atoms with Crippen LogP contribution in [0.3, 0.4) is 0 Å². The molecule has 0 radical (unpaired) electrons. The van der Waals surface area contributed by atoms with E-state index in [0.717, 1.165) is 17.0 Å². The van der Waals surface area contributed by atoms with Gasteiger partial charge in [0.1, 0.15) is 10.7 Å². The Hall–Kier alpha value is -0.960. The van der Waals surface area contributed by atoms with Crippen molar-refractivity contribution < 1.29 is 12.8 Å². The molecule has 114 valence electrons. The Kier molecular flexibility index (Phi) is 5.03. The lowest BCUT2D eigenvalue weighted by molar-refractivity contribution is 0.542. The standard InChI is InChI=1S/C13H14BrFN2O2S2/c1-8(5-9-3-2-4-20-9)17-21(18,19)13-7-12(16)10(14)6-11(13)15/h2-4,6-8,17H,5,16H2,1H3. The Morgan fingerprint density at radius 3 is 2.81 bits per heavy atom. The molecule has 1 atom stereocenters. The number of anilines is 1. The van der Waals surface area contributed by atoms with E-state index in [2.05, 4.69) is 20.7 Å². The van der Waals surface area contributed by atoms with Crippen molar-refractivity contribution in [2.45, 2.75) is 24.3 Å². The SMILES string of the molecule is CC(Cc1cccs1)NS(=O)(=O)c1cc(N)c(Br)cc1F. The summed E-state index contributed by atoms with van der Waals surface area (Å²) in [6.45, 7) is 1.73. The maximum absolute atomic E-state index is 13.9. The van der Waals surface area contributed by atoms with Crippen molar-refractivity contribution in [2.24, 2.45) is 0 Å². The number of hydrogen-bond acceptors (Lipinski definition) is 4. The number of nitrogen functional groups attached to an aromatic ring is 1. The first-order valence-corrected chi connectivity index (χ1v) is 9.24. The number of rotatable bonds is 5. The number of thiophene rings is 1. The molecule has 1 aromatic heterocycles. The lowest BCUT2D eigenvalue weighted by Gasteiger charge is -2.14. The van der Waals surface area contributed by atoms with Crippen molar-refractivity contribution in [3.63, 3.8) is 0 Å². The van der Waals surface area contributed by atoms with E-state index in [0.29, 0.717) is 10.9 Å². The van der Waals surface area contributed by atoms with E-state index < -0.39 is 20.7 Å². The molecule has 0 aliphatic heterocycles. The third-order valence-corrected chi connectivity index (χ3v) is 5.97. The third kappa shape index (κ3) is 4.03. The Morgan fingerprint density at radius 2 is 2.19 bits per heavy atom. The van der Waals surface area contributed by atoms with Gasteiger partial charge in [-0.3, -0.25) is 0 Å². The maximum Gasteiger partial charge on any atom is 0.243 e. The maximum atomic E-state index is 13.9. The van der Waals surface area contributed by atoms with Crippen molar-refractivity contribution in [3.05, 3.63) is 44.8 Å². The highest BCUT2D eigenvalue weighted by atomic mass is 79.9. The molecule has 1 unspecified atom stereocenters. The van der Waals surface area contributed by atoms with Crippen molar-refractivity contribution in [1.82, 2.24) is 4.72 Å². The summed E-state index contributed by atoms with van der Waals surface area (Å²) in [7, 11) is -3.95. The van der Waals surface area contributed by atoms with Crippen molar-refractivity contribution in [3.8, 4) is 0 Å². The van der Waals surface area contributed by atoms with Crippen LogP contribution in [0.1, 0.15) is 11.8 Å². The zero-order valence-electron chi connectivity index (χ0n) is 11.1. The molecular weight excluding hydrogens is 379 g/mol. The predicted molar refractivity (Wildman–Crippen MR) is 86.3 cm³/mol. The van der Waals surface area contributed by atoms with Crippen LogP contribution in [0.5, 0.6) is 0 Å². The molecule has 0 aliphatic rings. The van der Waals surface area contributed by atoms with Gasteiger partial charge in [-0.2, -0.15) is 0 Å². The van der Waals surface area contributed by atoms with Crippen LogP contribution in [-0.4, -0.2) is 14.5 Å². The first kappa shape index (κ1) is 16.4. The Labute approximate surface area is 135 Å². The van der Waals surface area contributed by atoms with Crippen molar-refractivity contribution >= 4 is 43.0 Å². The fourth-order valence-corrected chi connectivity index (χ4v) is 4.34. The summed E-state index contributed by atoms with van der Waals surface area (Å²) < 4.78 is 41.1.